The number of nitrogens with one attached hydrogen (secondary N) is 2. The average Bonchev–Trinajstić information content (AvgIpc) is 3.00. The summed E-state index contributed by atoms with van der Waals surface area (Å²) in [5, 5.41) is 11.6. The van der Waals surface area contributed by atoms with Crippen LogP contribution in [0.25, 0.3) is 21.7 Å². The van der Waals surface area contributed by atoms with E-state index in [-0.39, 0.29) is 11.4 Å². The molecule has 1 heterocycles. The molecule has 4 heteroatoms. The number of H-pyrrole nitrogens is 1. The Kier molecular flexibility index (Phi) is 3.17. The molecule has 3 aromatic carbocycles. The molecule has 4 rings (SSSR count). The predicted octanol–water partition coefficient (Wildman–Crippen LogP) is 3.84. The van der Waals surface area contributed by atoms with Crippen molar-refractivity contribution in [2.24, 2.45) is 5.73 Å². The molecule has 0 fully saturated rings. The highest BCUT2D eigenvalue weighted by Gasteiger charge is 2.20. The van der Waals surface area contributed by atoms with Gasteiger partial charge in [0.15, 0.2) is 0 Å². The van der Waals surface area contributed by atoms with Gasteiger partial charge in [-0.25, -0.2) is 0 Å². The zero-order valence-electron chi connectivity index (χ0n) is 12.8. The minimum atomic E-state index is -0.563. The summed E-state index contributed by atoms with van der Waals surface area (Å²) in [5.74, 6) is -0.563. The van der Waals surface area contributed by atoms with E-state index < -0.39 is 5.91 Å². The van der Waals surface area contributed by atoms with Crippen molar-refractivity contribution >= 4 is 33.3 Å². The number of carbonyl (C=O) groups excluding carboxylic acids is 1. The molecule has 0 aliphatic rings. The lowest BCUT2D eigenvalue weighted by Gasteiger charge is -2.07. The largest absolute Gasteiger partial charge is 0.364 e. The van der Waals surface area contributed by atoms with Crippen LogP contribution in [0.3, 0.4) is 0 Å². The first-order valence-electron chi connectivity index (χ1n) is 7.64. The van der Waals surface area contributed by atoms with Crippen LogP contribution >= 0.6 is 0 Å². The fourth-order valence-corrected chi connectivity index (χ4v) is 3.08. The Morgan fingerprint density at radius 1 is 0.917 bits per heavy atom. The fourth-order valence-electron chi connectivity index (χ4n) is 3.08. The molecule has 0 aliphatic heterocycles. The zero-order chi connectivity index (χ0) is 16.7. The number of nitrogens with two attached hydrogens (primary N) is 1. The molecule has 24 heavy (non-hydrogen) atoms. The molecular weight excluding hydrogens is 298 g/mol. The number of aromatic amines is 1. The molecule has 0 atom stereocenters. The van der Waals surface area contributed by atoms with Crippen molar-refractivity contribution in [3.05, 3.63) is 83.6 Å². The van der Waals surface area contributed by atoms with Crippen molar-refractivity contribution in [1.82, 2.24) is 4.98 Å². The van der Waals surface area contributed by atoms with Crippen molar-refractivity contribution in [2.45, 2.75) is 0 Å². The summed E-state index contributed by atoms with van der Waals surface area (Å²) >= 11 is 0. The van der Waals surface area contributed by atoms with Gasteiger partial charge in [0.05, 0.1) is 5.71 Å². The van der Waals surface area contributed by atoms with Gasteiger partial charge < -0.3 is 10.7 Å². The third-order valence-electron chi connectivity index (χ3n) is 4.24. The summed E-state index contributed by atoms with van der Waals surface area (Å²) in [6.45, 7) is 0. The second-order valence-electron chi connectivity index (χ2n) is 5.72. The highest BCUT2D eigenvalue weighted by molar-refractivity contribution is 6.23. The van der Waals surface area contributed by atoms with Gasteiger partial charge in [-0.3, -0.25) is 10.2 Å². The van der Waals surface area contributed by atoms with Gasteiger partial charge in [-0.2, -0.15) is 0 Å². The van der Waals surface area contributed by atoms with Crippen molar-refractivity contribution in [3.63, 3.8) is 0 Å². The number of primary amides is 1. The minimum Gasteiger partial charge on any atom is -0.364 e. The van der Waals surface area contributed by atoms with Gasteiger partial charge in [-0.1, -0.05) is 54.6 Å². The molecule has 0 saturated heterocycles. The monoisotopic (exact) mass is 313 g/mol. The van der Waals surface area contributed by atoms with Crippen LogP contribution in [0, 0.1) is 5.41 Å². The summed E-state index contributed by atoms with van der Waals surface area (Å²) in [7, 11) is 0. The number of fused-ring (bicyclic) bond motifs is 2. The lowest BCUT2D eigenvalue weighted by Crippen LogP contribution is -2.16. The number of hydrogen-bond acceptors (Lipinski definition) is 2. The SMILES string of the molecule is N=C(c1ccc2ccccc2c1)c1c(C(N)=O)[nH]c2ccccc12. The van der Waals surface area contributed by atoms with Crippen LogP contribution in [0.4, 0.5) is 0 Å². The first-order valence-corrected chi connectivity index (χ1v) is 7.64. The standard InChI is InChI=1S/C20H15N3O/c21-18(14-10-9-12-5-1-2-6-13(12)11-14)17-15-7-3-4-8-16(15)23-19(17)20(22)24/h1-11,21,23H,(H2,22,24). The number of para-hydroxylation sites is 1. The highest BCUT2D eigenvalue weighted by atomic mass is 16.1. The highest BCUT2D eigenvalue weighted by Crippen LogP contribution is 2.26. The van der Waals surface area contributed by atoms with E-state index >= 15 is 0 Å². The van der Waals surface area contributed by atoms with Crippen molar-refractivity contribution < 1.29 is 4.79 Å². The van der Waals surface area contributed by atoms with E-state index in [9.17, 15) is 4.79 Å². The Hall–Kier alpha value is -3.40. The quantitative estimate of drug-likeness (QED) is 0.493. The van der Waals surface area contributed by atoms with Gasteiger partial charge in [0.1, 0.15) is 5.69 Å². The van der Waals surface area contributed by atoms with Crippen LogP contribution in [-0.4, -0.2) is 16.6 Å². The second kappa shape index (κ2) is 5.35. The summed E-state index contributed by atoms with van der Waals surface area (Å²) in [6, 6.07) is 21.4. The Balaban J connectivity index is 1.93. The molecule has 1 amide bonds. The normalized spacial score (nSPS) is 11.0. The number of hydrogen-bond donors (Lipinski definition) is 3. The molecule has 0 spiro atoms. The first kappa shape index (κ1) is 14.2. The van der Waals surface area contributed by atoms with E-state index in [4.69, 9.17) is 11.1 Å². The molecule has 0 radical (unpaired) electrons. The Bertz CT molecular complexity index is 1110. The van der Waals surface area contributed by atoms with Gasteiger partial charge >= 0.3 is 0 Å². The molecule has 4 nitrogen and oxygen atoms in total. The average molecular weight is 313 g/mol. The van der Waals surface area contributed by atoms with E-state index in [1.807, 2.05) is 66.7 Å². The Morgan fingerprint density at radius 3 is 2.42 bits per heavy atom. The van der Waals surface area contributed by atoms with Crippen LogP contribution in [0.1, 0.15) is 21.6 Å². The van der Waals surface area contributed by atoms with E-state index in [1.54, 1.807) is 0 Å². The molecule has 0 unspecified atom stereocenters. The number of aromatic nitrogens is 1. The lowest BCUT2D eigenvalue weighted by atomic mass is 9.97. The van der Waals surface area contributed by atoms with E-state index in [2.05, 4.69) is 4.98 Å². The maximum absolute atomic E-state index is 11.8. The summed E-state index contributed by atoms with van der Waals surface area (Å²) in [5.41, 5.74) is 8.17. The summed E-state index contributed by atoms with van der Waals surface area (Å²) in [6.07, 6.45) is 0. The smallest absolute Gasteiger partial charge is 0.265 e. The molecule has 4 N–H and O–H groups in total. The van der Waals surface area contributed by atoms with Crippen LogP contribution in [0.15, 0.2) is 66.7 Å². The molecule has 0 saturated carbocycles. The van der Waals surface area contributed by atoms with Crippen molar-refractivity contribution in [1.29, 1.82) is 5.41 Å². The van der Waals surface area contributed by atoms with Gasteiger partial charge in [0.25, 0.3) is 5.91 Å². The topological polar surface area (TPSA) is 82.7 Å². The van der Waals surface area contributed by atoms with Crippen molar-refractivity contribution in [3.8, 4) is 0 Å². The van der Waals surface area contributed by atoms with Crippen molar-refractivity contribution in [2.75, 3.05) is 0 Å². The number of benzene rings is 3. The maximum Gasteiger partial charge on any atom is 0.265 e. The Morgan fingerprint density at radius 2 is 1.62 bits per heavy atom. The molecule has 116 valence electrons. The van der Waals surface area contributed by atoms with Crippen LogP contribution < -0.4 is 5.73 Å². The molecule has 1 aromatic heterocycles. The van der Waals surface area contributed by atoms with Gasteiger partial charge in [-0.15, -0.1) is 0 Å². The van der Waals surface area contributed by atoms with Crippen LogP contribution in [0.2, 0.25) is 0 Å². The molecule has 4 aromatic rings. The lowest BCUT2D eigenvalue weighted by molar-refractivity contribution is 0.0996. The van der Waals surface area contributed by atoms with E-state index in [0.717, 1.165) is 27.2 Å². The molecular formula is C20H15N3O. The van der Waals surface area contributed by atoms with Gasteiger partial charge in [0, 0.05) is 22.0 Å². The number of amides is 1. The minimum absolute atomic E-state index is 0.273. The fraction of sp³-hybridized carbons (Fsp3) is 0. The van der Waals surface area contributed by atoms with Gasteiger partial charge in [0.2, 0.25) is 0 Å². The Labute approximate surface area is 138 Å². The number of rotatable bonds is 3. The second-order valence-corrected chi connectivity index (χ2v) is 5.72. The summed E-state index contributed by atoms with van der Waals surface area (Å²) in [4.78, 5) is 14.9. The first-order chi connectivity index (χ1) is 11.6. The molecule has 0 bridgehead atoms. The van der Waals surface area contributed by atoms with Crippen LogP contribution in [-0.2, 0) is 0 Å². The maximum atomic E-state index is 11.8. The third kappa shape index (κ3) is 2.16. The third-order valence-corrected chi connectivity index (χ3v) is 4.24. The molecule has 0 aliphatic carbocycles. The number of carbonyl (C=O) groups is 1. The zero-order valence-corrected chi connectivity index (χ0v) is 12.8. The predicted molar refractivity (Wildman–Crippen MR) is 96.7 cm³/mol. The van der Waals surface area contributed by atoms with Gasteiger partial charge in [-0.05, 0) is 22.9 Å². The van der Waals surface area contributed by atoms with Crippen LogP contribution in [0.5, 0.6) is 0 Å². The summed E-state index contributed by atoms with van der Waals surface area (Å²) < 4.78 is 0. The van der Waals surface area contributed by atoms with E-state index in [0.29, 0.717) is 5.56 Å². The van der Waals surface area contributed by atoms with E-state index in [1.165, 1.54) is 0 Å².